The third-order valence-corrected chi connectivity index (χ3v) is 4.56. The van der Waals surface area contributed by atoms with E-state index in [1.165, 1.54) is 0 Å². The van der Waals surface area contributed by atoms with Gasteiger partial charge in [-0.1, -0.05) is 0 Å². The van der Waals surface area contributed by atoms with E-state index in [1.54, 1.807) is 23.3 Å². The molecule has 0 aliphatic carbocycles. The van der Waals surface area contributed by atoms with Crippen LogP contribution in [0.15, 0.2) is 36.9 Å². The molecule has 3 aromatic heterocycles. The highest BCUT2D eigenvalue weighted by molar-refractivity contribution is 5.94. The molecular formula is C19H22N6O2. The van der Waals surface area contributed by atoms with Crippen molar-refractivity contribution in [3.05, 3.63) is 36.9 Å². The summed E-state index contributed by atoms with van der Waals surface area (Å²) in [7, 11) is 1.87. The van der Waals surface area contributed by atoms with E-state index in [2.05, 4.69) is 25.3 Å². The van der Waals surface area contributed by atoms with E-state index in [1.807, 2.05) is 32.3 Å². The van der Waals surface area contributed by atoms with Gasteiger partial charge in [0.05, 0.1) is 31.1 Å². The van der Waals surface area contributed by atoms with Gasteiger partial charge < -0.3 is 10.1 Å². The maximum Gasteiger partial charge on any atom is 0.239 e. The molecule has 4 heterocycles. The van der Waals surface area contributed by atoms with E-state index in [-0.39, 0.29) is 12.0 Å². The summed E-state index contributed by atoms with van der Waals surface area (Å²) in [5.41, 5.74) is 1.78. The number of nitrogens with zero attached hydrogens (tertiary/aromatic N) is 5. The lowest BCUT2D eigenvalue weighted by Gasteiger charge is -2.30. The Balaban J connectivity index is 1.49. The lowest BCUT2D eigenvalue weighted by molar-refractivity contribution is -0.119. The molecule has 1 amide bonds. The minimum atomic E-state index is -0.0718. The van der Waals surface area contributed by atoms with Crippen LogP contribution in [-0.2, 0) is 16.6 Å². The first-order valence-corrected chi connectivity index (χ1v) is 8.95. The normalized spacial score (nSPS) is 17.9. The molecule has 4 rings (SSSR count). The summed E-state index contributed by atoms with van der Waals surface area (Å²) in [6.45, 7) is 4.54. The number of hydrogen-bond donors (Lipinski definition) is 1. The van der Waals surface area contributed by atoms with Gasteiger partial charge in [-0.15, -0.1) is 0 Å². The number of aromatic nitrogens is 4. The average molecular weight is 366 g/mol. The van der Waals surface area contributed by atoms with E-state index in [0.717, 1.165) is 35.1 Å². The fraction of sp³-hybridized carbons (Fsp3) is 0.368. The number of ether oxygens (including phenoxy) is 1. The van der Waals surface area contributed by atoms with Gasteiger partial charge in [0.25, 0.3) is 0 Å². The summed E-state index contributed by atoms with van der Waals surface area (Å²) in [6.07, 6.45) is 7.36. The van der Waals surface area contributed by atoms with Crippen molar-refractivity contribution in [1.82, 2.24) is 24.6 Å². The van der Waals surface area contributed by atoms with E-state index >= 15 is 0 Å². The molecule has 1 aliphatic rings. The van der Waals surface area contributed by atoms with Crippen LogP contribution in [0, 0.1) is 0 Å². The summed E-state index contributed by atoms with van der Waals surface area (Å²) in [5, 5.41) is 8.96. The molecule has 8 nitrogen and oxygen atoms in total. The van der Waals surface area contributed by atoms with Crippen LogP contribution in [0.2, 0.25) is 0 Å². The molecule has 1 saturated heterocycles. The minimum absolute atomic E-state index is 0.0718. The summed E-state index contributed by atoms with van der Waals surface area (Å²) in [6, 6.07) is 3.85. The standard InChI is InChI=1S/C19H22N6O2/c1-13-10-25(3-4-27-13)12-19(26)23-18-6-14-5-17(16-9-22-24(2)11-16)20-7-15(14)8-21-18/h5-9,11,13H,3-4,10,12H2,1-2H3,(H,21,23,26)/t13-/m0/s1. The van der Waals surface area contributed by atoms with Crippen LogP contribution in [0.3, 0.4) is 0 Å². The van der Waals surface area contributed by atoms with Crippen molar-refractivity contribution in [2.45, 2.75) is 13.0 Å². The lowest BCUT2D eigenvalue weighted by atomic mass is 10.1. The third-order valence-electron chi connectivity index (χ3n) is 4.56. The summed E-state index contributed by atoms with van der Waals surface area (Å²) < 4.78 is 7.25. The van der Waals surface area contributed by atoms with Crippen molar-refractivity contribution >= 4 is 22.5 Å². The van der Waals surface area contributed by atoms with Crippen LogP contribution in [-0.4, -0.2) is 62.9 Å². The Hall–Kier alpha value is -2.84. The molecule has 0 radical (unpaired) electrons. The highest BCUT2D eigenvalue weighted by Gasteiger charge is 2.19. The number of morpholine rings is 1. The second-order valence-electron chi connectivity index (χ2n) is 6.85. The van der Waals surface area contributed by atoms with Crippen LogP contribution < -0.4 is 5.32 Å². The Bertz CT molecular complexity index is 970. The largest absolute Gasteiger partial charge is 0.376 e. The topological polar surface area (TPSA) is 85.2 Å². The number of fused-ring (bicyclic) bond motifs is 1. The van der Waals surface area contributed by atoms with E-state index in [9.17, 15) is 4.79 Å². The maximum atomic E-state index is 12.4. The van der Waals surface area contributed by atoms with Crippen molar-refractivity contribution in [2.75, 3.05) is 31.6 Å². The van der Waals surface area contributed by atoms with Gasteiger partial charge in [0, 0.05) is 49.7 Å². The molecule has 0 bridgehead atoms. The van der Waals surface area contributed by atoms with Crippen LogP contribution in [0.4, 0.5) is 5.82 Å². The Labute approximate surface area is 157 Å². The van der Waals surface area contributed by atoms with Crippen LogP contribution in [0.1, 0.15) is 6.92 Å². The molecule has 1 aliphatic heterocycles. The molecule has 140 valence electrons. The highest BCUT2D eigenvalue weighted by atomic mass is 16.5. The SMILES string of the molecule is C[C@H]1CN(CC(=O)Nc2cc3cc(-c4cnn(C)c4)ncc3cn2)CCO1. The number of nitrogens with one attached hydrogen (secondary N) is 1. The Morgan fingerprint density at radius 3 is 2.89 bits per heavy atom. The second-order valence-corrected chi connectivity index (χ2v) is 6.85. The van der Waals surface area contributed by atoms with Gasteiger partial charge in [-0.2, -0.15) is 5.10 Å². The van der Waals surface area contributed by atoms with Gasteiger partial charge in [-0.05, 0) is 24.4 Å². The molecule has 0 unspecified atom stereocenters. The number of anilines is 1. The van der Waals surface area contributed by atoms with Crippen molar-refractivity contribution in [1.29, 1.82) is 0 Å². The van der Waals surface area contributed by atoms with Crippen molar-refractivity contribution in [3.8, 4) is 11.3 Å². The monoisotopic (exact) mass is 366 g/mol. The van der Waals surface area contributed by atoms with Gasteiger partial charge in [0.2, 0.25) is 5.91 Å². The first-order chi connectivity index (χ1) is 13.1. The third kappa shape index (κ3) is 4.12. The molecule has 0 aromatic carbocycles. The fourth-order valence-corrected chi connectivity index (χ4v) is 3.24. The molecule has 3 aromatic rings. The van der Waals surface area contributed by atoms with E-state index < -0.39 is 0 Å². The van der Waals surface area contributed by atoms with Crippen LogP contribution in [0.5, 0.6) is 0 Å². The fourth-order valence-electron chi connectivity index (χ4n) is 3.24. The number of pyridine rings is 2. The molecule has 8 heteroatoms. The van der Waals surface area contributed by atoms with E-state index in [0.29, 0.717) is 19.0 Å². The molecule has 0 saturated carbocycles. The van der Waals surface area contributed by atoms with Crippen LogP contribution >= 0.6 is 0 Å². The first kappa shape index (κ1) is 17.6. The van der Waals surface area contributed by atoms with Gasteiger partial charge in [-0.3, -0.25) is 19.4 Å². The summed E-state index contributed by atoms with van der Waals surface area (Å²) in [4.78, 5) is 23.2. The second kappa shape index (κ2) is 7.42. The maximum absolute atomic E-state index is 12.4. The van der Waals surface area contributed by atoms with Gasteiger partial charge in [0.15, 0.2) is 0 Å². The summed E-state index contributed by atoms with van der Waals surface area (Å²) in [5.74, 6) is 0.467. The van der Waals surface area contributed by atoms with Crippen molar-refractivity contribution in [3.63, 3.8) is 0 Å². The zero-order valence-corrected chi connectivity index (χ0v) is 15.4. The Kier molecular flexibility index (Phi) is 4.83. The number of carbonyl (C=O) groups excluding carboxylic acids is 1. The molecule has 27 heavy (non-hydrogen) atoms. The quantitative estimate of drug-likeness (QED) is 0.756. The highest BCUT2D eigenvalue weighted by Crippen LogP contribution is 2.22. The van der Waals surface area contributed by atoms with Gasteiger partial charge in [0.1, 0.15) is 5.82 Å². The molecule has 0 spiro atoms. The Morgan fingerprint density at radius 1 is 1.26 bits per heavy atom. The average Bonchev–Trinajstić information content (AvgIpc) is 3.07. The number of rotatable bonds is 4. The zero-order chi connectivity index (χ0) is 18.8. The van der Waals surface area contributed by atoms with Crippen molar-refractivity contribution in [2.24, 2.45) is 7.05 Å². The smallest absolute Gasteiger partial charge is 0.239 e. The molecule has 1 atom stereocenters. The number of hydrogen-bond acceptors (Lipinski definition) is 6. The zero-order valence-electron chi connectivity index (χ0n) is 15.4. The van der Waals surface area contributed by atoms with E-state index in [4.69, 9.17) is 4.74 Å². The first-order valence-electron chi connectivity index (χ1n) is 8.95. The lowest BCUT2D eigenvalue weighted by Crippen LogP contribution is -2.44. The summed E-state index contributed by atoms with van der Waals surface area (Å²) >= 11 is 0. The van der Waals surface area contributed by atoms with Crippen molar-refractivity contribution < 1.29 is 9.53 Å². The number of carbonyl (C=O) groups is 1. The molecule has 1 N–H and O–H groups in total. The Morgan fingerprint density at radius 2 is 2.11 bits per heavy atom. The number of aryl methyl sites for hydroxylation is 1. The predicted molar refractivity (Wildman–Crippen MR) is 102 cm³/mol. The van der Waals surface area contributed by atoms with Gasteiger partial charge >= 0.3 is 0 Å². The molecular weight excluding hydrogens is 344 g/mol. The van der Waals surface area contributed by atoms with Gasteiger partial charge in [-0.25, -0.2) is 4.98 Å². The molecule has 1 fully saturated rings. The predicted octanol–water partition coefficient (Wildman–Crippen LogP) is 1.69. The minimum Gasteiger partial charge on any atom is -0.376 e. The van der Waals surface area contributed by atoms with Crippen LogP contribution in [0.25, 0.3) is 22.0 Å². The number of amides is 1.